The molecular weight excluding hydrogens is 232 g/mol. The number of nitrogens with zero attached hydrogens (tertiary/aromatic N) is 1. The number of nitrogens with one attached hydrogen (secondary N) is 1. The van der Waals surface area contributed by atoms with Gasteiger partial charge in [-0.1, -0.05) is 20.8 Å². The number of carbonyl (C=O) groups is 2. The Bertz CT molecular complexity index is 310. The molecule has 1 aliphatic heterocycles. The van der Waals surface area contributed by atoms with Crippen LogP contribution in [0, 0.1) is 5.41 Å². The maximum atomic E-state index is 11.8. The fraction of sp³-hybridized carbons (Fsp3) is 0.846. The number of carbonyl (C=O) groups excluding carboxylic acids is 2. The van der Waals surface area contributed by atoms with Crippen LogP contribution in [0.5, 0.6) is 0 Å². The van der Waals surface area contributed by atoms with Gasteiger partial charge in [0.15, 0.2) is 0 Å². The summed E-state index contributed by atoms with van der Waals surface area (Å²) in [6.45, 7) is 7.03. The second-order valence-corrected chi connectivity index (χ2v) is 6.15. The second-order valence-electron chi connectivity index (χ2n) is 6.15. The molecular formula is C13H24N2O3. The number of aliphatic hydroxyl groups excluding tert-OH is 1. The lowest BCUT2D eigenvalue weighted by atomic mass is 9.92. The van der Waals surface area contributed by atoms with Crippen molar-refractivity contribution < 1.29 is 14.7 Å². The zero-order valence-corrected chi connectivity index (χ0v) is 11.5. The molecule has 104 valence electrons. The molecule has 0 spiro atoms. The molecule has 0 saturated carbocycles. The summed E-state index contributed by atoms with van der Waals surface area (Å²) in [5.74, 6) is -0.218. The number of piperidine rings is 1. The zero-order valence-electron chi connectivity index (χ0n) is 11.5. The molecule has 5 nitrogen and oxygen atoms in total. The summed E-state index contributed by atoms with van der Waals surface area (Å²) in [6.07, 6.45) is 1.55. The third-order valence-corrected chi connectivity index (χ3v) is 2.88. The molecule has 5 heteroatoms. The molecule has 1 atom stereocenters. The minimum Gasteiger partial charge on any atom is -0.391 e. The number of hydrogen-bond donors (Lipinski definition) is 2. The number of hydrogen-bond acceptors (Lipinski definition) is 3. The molecule has 1 unspecified atom stereocenters. The minimum atomic E-state index is -0.423. The largest absolute Gasteiger partial charge is 0.391 e. The topological polar surface area (TPSA) is 69.6 Å². The van der Waals surface area contributed by atoms with Crippen LogP contribution in [-0.2, 0) is 9.59 Å². The van der Waals surface area contributed by atoms with E-state index in [1.807, 2.05) is 20.8 Å². The van der Waals surface area contributed by atoms with Gasteiger partial charge in [0, 0.05) is 19.5 Å². The van der Waals surface area contributed by atoms with Crippen molar-refractivity contribution in [1.29, 1.82) is 0 Å². The molecule has 1 aliphatic rings. The molecule has 0 aromatic carbocycles. The highest BCUT2D eigenvalue weighted by Gasteiger charge is 2.22. The SMILES string of the molecule is CC(C)(C)CC(=O)NCC(=O)N1CCCC(O)C1. The van der Waals surface area contributed by atoms with Crippen LogP contribution in [-0.4, -0.2) is 47.6 Å². The highest BCUT2D eigenvalue weighted by Crippen LogP contribution is 2.17. The van der Waals surface area contributed by atoms with Gasteiger partial charge in [0.1, 0.15) is 0 Å². The van der Waals surface area contributed by atoms with Gasteiger partial charge in [-0.15, -0.1) is 0 Å². The summed E-state index contributed by atoms with van der Waals surface area (Å²) < 4.78 is 0. The van der Waals surface area contributed by atoms with E-state index in [4.69, 9.17) is 0 Å². The predicted octanol–water partition coefficient (Wildman–Crippen LogP) is 0.522. The summed E-state index contributed by atoms with van der Waals surface area (Å²) in [7, 11) is 0. The van der Waals surface area contributed by atoms with E-state index in [-0.39, 0.29) is 23.8 Å². The van der Waals surface area contributed by atoms with Gasteiger partial charge in [0.05, 0.1) is 12.6 Å². The quantitative estimate of drug-likeness (QED) is 0.773. The van der Waals surface area contributed by atoms with Gasteiger partial charge in [-0.05, 0) is 18.3 Å². The highest BCUT2D eigenvalue weighted by molar-refractivity contribution is 5.85. The lowest BCUT2D eigenvalue weighted by Gasteiger charge is -2.30. The van der Waals surface area contributed by atoms with Gasteiger partial charge < -0.3 is 15.3 Å². The Morgan fingerprint density at radius 2 is 2.06 bits per heavy atom. The lowest BCUT2D eigenvalue weighted by molar-refractivity contribution is -0.135. The van der Waals surface area contributed by atoms with Crippen LogP contribution in [0.3, 0.4) is 0 Å². The lowest BCUT2D eigenvalue weighted by Crippen LogP contribution is -2.46. The maximum Gasteiger partial charge on any atom is 0.242 e. The van der Waals surface area contributed by atoms with Crippen molar-refractivity contribution in [2.45, 2.75) is 46.1 Å². The second kappa shape index (κ2) is 6.18. The highest BCUT2D eigenvalue weighted by atomic mass is 16.3. The standard InChI is InChI=1S/C13H24N2O3/c1-13(2,3)7-11(17)14-8-12(18)15-6-4-5-10(16)9-15/h10,16H,4-9H2,1-3H3,(H,14,17). The van der Waals surface area contributed by atoms with Crippen molar-refractivity contribution in [1.82, 2.24) is 10.2 Å². The average molecular weight is 256 g/mol. The Morgan fingerprint density at radius 3 is 2.61 bits per heavy atom. The van der Waals surface area contributed by atoms with Crippen LogP contribution < -0.4 is 5.32 Å². The summed E-state index contributed by atoms with van der Waals surface area (Å²) in [5.41, 5.74) is -0.0750. The van der Waals surface area contributed by atoms with Crippen molar-refractivity contribution >= 4 is 11.8 Å². The molecule has 2 N–H and O–H groups in total. The predicted molar refractivity (Wildman–Crippen MR) is 68.9 cm³/mol. The molecule has 1 rings (SSSR count). The molecule has 0 aromatic heterocycles. The van der Waals surface area contributed by atoms with Crippen LogP contribution in [0.15, 0.2) is 0 Å². The fourth-order valence-electron chi connectivity index (χ4n) is 2.01. The van der Waals surface area contributed by atoms with E-state index in [9.17, 15) is 14.7 Å². The first-order valence-electron chi connectivity index (χ1n) is 6.50. The Hall–Kier alpha value is -1.10. The van der Waals surface area contributed by atoms with E-state index in [0.29, 0.717) is 19.5 Å². The number of aliphatic hydroxyl groups is 1. The minimum absolute atomic E-state index is 0.0294. The molecule has 1 heterocycles. The Balaban J connectivity index is 2.30. The van der Waals surface area contributed by atoms with E-state index in [1.54, 1.807) is 4.90 Å². The Morgan fingerprint density at radius 1 is 1.39 bits per heavy atom. The Kier molecular flexibility index (Phi) is 5.14. The number of likely N-dealkylation sites (tertiary alicyclic amines) is 1. The maximum absolute atomic E-state index is 11.8. The van der Waals surface area contributed by atoms with Gasteiger partial charge in [-0.2, -0.15) is 0 Å². The molecule has 18 heavy (non-hydrogen) atoms. The molecule has 2 amide bonds. The average Bonchev–Trinajstić information content (AvgIpc) is 2.23. The van der Waals surface area contributed by atoms with Gasteiger partial charge in [0.25, 0.3) is 0 Å². The summed E-state index contributed by atoms with van der Waals surface area (Å²) in [4.78, 5) is 25.0. The van der Waals surface area contributed by atoms with Crippen molar-refractivity contribution in [3.8, 4) is 0 Å². The van der Waals surface area contributed by atoms with Crippen molar-refractivity contribution in [3.05, 3.63) is 0 Å². The van der Waals surface area contributed by atoms with Gasteiger partial charge in [-0.25, -0.2) is 0 Å². The van der Waals surface area contributed by atoms with Crippen LogP contribution in [0.1, 0.15) is 40.0 Å². The molecule has 1 fully saturated rings. The van der Waals surface area contributed by atoms with Crippen LogP contribution in [0.4, 0.5) is 0 Å². The number of β-amino-alcohol motifs (C(OH)–C–C–N with tert-alkyl or cyclic N) is 1. The molecule has 1 saturated heterocycles. The first-order chi connectivity index (χ1) is 8.28. The van der Waals surface area contributed by atoms with Crippen LogP contribution in [0.2, 0.25) is 0 Å². The summed E-state index contributed by atoms with van der Waals surface area (Å²) >= 11 is 0. The van der Waals surface area contributed by atoms with E-state index in [2.05, 4.69) is 5.32 Å². The first kappa shape index (κ1) is 15.0. The van der Waals surface area contributed by atoms with Crippen molar-refractivity contribution in [2.24, 2.45) is 5.41 Å². The van der Waals surface area contributed by atoms with Crippen molar-refractivity contribution in [2.75, 3.05) is 19.6 Å². The van der Waals surface area contributed by atoms with E-state index in [1.165, 1.54) is 0 Å². The molecule has 0 aliphatic carbocycles. The summed E-state index contributed by atoms with van der Waals surface area (Å²) in [6, 6.07) is 0. The van der Waals surface area contributed by atoms with Crippen LogP contribution in [0.25, 0.3) is 0 Å². The first-order valence-corrected chi connectivity index (χ1v) is 6.50. The summed E-state index contributed by atoms with van der Waals surface area (Å²) in [5, 5.41) is 12.1. The normalized spacial score (nSPS) is 20.7. The molecule has 0 aromatic rings. The Labute approximate surface area is 109 Å². The third kappa shape index (κ3) is 5.49. The van der Waals surface area contributed by atoms with Crippen LogP contribution >= 0.6 is 0 Å². The third-order valence-electron chi connectivity index (χ3n) is 2.88. The fourth-order valence-corrected chi connectivity index (χ4v) is 2.01. The van der Waals surface area contributed by atoms with E-state index in [0.717, 1.165) is 12.8 Å². The molecule has 0 bridgehead atoms. The van der Waals surface area contributed by atoms with E-state index < -0.39 is 6.10 Å². The number of amides is 2. The monoisotopic (exact) mass is 256 g/mol. The van der Waals surface area contributed by atoms with Gasteiger partial charge >= 0.3 is 0 Å². The smallest absolute Gasteiger partial charge is 0.242 e. The van der Waals surface area contributed by atoms with Gasteiger partial charge in [0.2, 0.25) is 11.8 Å². The van der Waals surface area contributed by atoms with E-state index >= 15 is 0 Å². The van der Waals surface area contributed by atoms with Crippen molar-refractivity contribution in [3.63, 3.8) is 0 Å². The number of rotatable bonds is 3. The zero-order chi connectivity index (χ0) is 13.8. The molecule has 0 radical (unpaired) electrons. The van der Waals surface area contributed by atoms with Gasteiger partial charge in [-0.3, -0.25) is 9.59 Å².